The van der Waals surface area contributed by atoms with Gasteiger partial charge in [-0.1, -0.05) is 36.4 Å². The fourth-order valence-electron chi connectivity index (χ4n) is 6.03. The lowest BCUT2D eigenvalue weighted by Gasteiger charge is -2.36. The second kappa shape index (κ2) is 15.4. The van der Waals surface area contributed by atoms with E-state index in [-0.39, 0.29) is 18.1 Å². The Morgan fingerprint density at radius 3 is 2.30 bits per heavy atom. The van der Waals surface area contributed by atoms with Crippen LogP contribution < -0.4 is 5.73 Å². The molecule has 2 N–H and O–H groups in total. The van der Waals surface area contributed by atoms with Gasteiger partial charge in [0.2, 0.25) is 0 Å². The zero-order valence-corrected chi connectivity index (χ0v) is 27.1. The molecule has 8 nitrogen and oxygen atoms in total. The summed E-state index contributed by atoms with van der Waals surface area (Å²) < 4.78 is 11.0. The Labute approximate surface area is 263 Å². The quantitative estimate of drug-likeness (QED) is 0.226. The number of benzene rings is 2. The average molecular weight is 603 g/mol. The molecular weight excluding hydrogens is 552 g/mol. The Bertz CT molecular complexity index is 1290. The predicted molar refractivity (Wildman–Crippen MR) is 177 cm³/mol. The van der Waals surface area contributed by atoms with Crippen molar-refractivity contribution < 1.29 is 19.1 Å². The molecule has 0 radical (unpaired) electrons. The molecule has 1 aliphatic heterocycles. The molecule has 1 aliphatic carbocycles. The number of amides is 1. The zero-order valence-electron chi connectivity index (χ0n) is 27.1. The van der Waals surface area contributed by atoms with Gasteiger partial charge in [0.05, 0.1) is 12.2 Å². The van der Waals surface area contributed by atoms with E-state index >= 15 is 0 Å². The number of aryl methyl sites for hydroxylation is 1. The number of aliphatic imine (C=N–C) groups is 1. The smallest absolute Gasteiger partial charge is 0.410 e. The first-order valence-electron chi connectivity index (χ1n) is 16.0. The fraction of sp³-hybridized carbons (Fsp3) is 0.528. The highest BCUT2D eigenvalue weighted by Gasteiger charge is 2.46. The normalized spacial score (nSPS) is 19.6. The SMILES string of the molecule is CCOC(=O)c1ccc(CCCN2CCC(CN(C(=O)OC(C)(C)C)C3CC3c3ccc(C(C=NC)=CN)cc3)CC2)cc1. The van der Waals surface area contributed by atoms with Crippen LogP contribution in [0.25, 0.3) is 5.57 Å². The molecule has 2 atom stereocenters. The van der Waals surface area contributed by atoms with Gasteiger partial charge in [0.1, 0.15) is 5.60 Å². The summed E-state index contributed by atoms with van der Waals surface area (Å²) in [6.07, 6.45) is 8.29. The van der Waals surface area contributed by atoms with Gasteiger partial charge >= 0.3 is 12.1 Å². The Hall–Kier alpha value is -3.65. The van der Waals surface area contributed by atoms with E-state index in [1.165, 1.54) is 11.1 Å². The molecule has 8 heteroatoms. The molecule has 4 rings (SSSR count). The number of piperidine rings is 1. The van der Waals surface area contributed by atoms with Gasteiger partial charge < -0.3 is 25.0 Å². The van der Waals surface area contributed by atoms with Crippen molar-refractivity contribution in [1.29, 1.82) is 0 Å². The molecule has 2 aliphatic rings. The van der Waals surface area contributed by atoms with Gasteiger partial charge in [-0.25, -0.2) is 9.59 Å². The maximum absolute atomic E-state index is 13.4. The van der Waals surface area contributed by atoms with Gasteiger partial charge in [-0.3, -0.25) is 4.99 Å². The molecule has 2 aromatic rings. The highest BCUT2D eigenvalue weighted by Crippen LogP contribution is 2.46. The van der Waals surface area contributed by atoms with Crippen LogP contribution in [0.3, 0.4) is 0 Å². The molecule has 0 aromatic heterocycles. The van der Waals surface area contributed by atoms with E-state index in [0.29, 0.717) is 24.0 Å². The number of nitrogens with two attached hydrogens (primary N) is 1. The number of likely N-dealkylation sites (tertiary alicyclic amines) is 1. The number of hydrogen-bond donors (Lipinski definition) is 1. The summed E-state index contributed by atoms with van der Waals surface area (Å²) in [4.78, 5) is 33.9. The highest BCUT2D eigenvalue weighted by molar-refractivity contribution is 6.09. The van der Waals surface area contributed by atoms with Crippen LogP contribution in [0, 0.1) is 5.92 Å². The van der Waals surface area contributed by atoms with Gasteiger partial charge in [0, 0.05) is 43.5 Å². The maximum atomic E-state index is 13.4. The third kappa shape index (κ3) is 9.42. The summed E-state index contributed by atoms with van der Waals surface area (Å²) in [5.74, 6) is 0.507. The lowest BCUT2D eigenvalue weighted by molar-refractivity contribution is 0.0171. The van der Waals surface area contributed by atoms with E-state index in [4.69, 9.17) is 15.2 Å². The Balaban J connectivity index is 1.28. The Kier molecular flexibility index (Phi) is 11.6. The molecule has 0 bridgehead atoms. The molecule has 2 unspecified atom stereocenters. The lowest BCUT2D eigenvalue weighted by Crippen LogP contribution is -2.44. The fourth-order valence-corrected chi connectivity index (χ4v) is 6.03. The van der Waals surface area contributed by atoms with Crippen LogP contribution >= 0.6 is 0 Å². The first-order chi connectivity index (χ1) is 21.1. The molecule has 1 amide bonds. The number of ether oxygens (including phenoxy) is 2. The first kappa shape index (κ1) is 33.2. The molecular formula is C36H50N4O4. The number of nitrogens with zero attached hydrogens (tertiary/aromatic N) is 3. The van der Waals surface area contributed by atoms with Crippen LogP contribution in [0.4, 0.5) is 4.79 Å². The number of esters is 1. The van der Waals surface area contributed by atoms with Crippen LogP contribution in [-0.4, -0.2) is 79.6 Å². The second-order valence-corrected chi connectivity index (χ2v) is 13.0. The predicted octanol–water partition coefficient (Wildman–Crippen LogP) is 6.30. The van der Waals surface area contributed by atoms with Crippen LogP contribution in [0.1, 0.15) is 86.3 Å². The third-order valence-electron chi connectivity index (χ3n) is 8.47. The van der Waals surface area contributed by atoms with Crippen LogP contribution in [0.15, 0.2) is 59.7 Å². The van der Waals surface area contributed by atoms with E-state index in [1.807, 2.05) is 56.9 Å². The zero-order chi connectivity index (χ0) is 31.7. The monoisotopic (exact) mass is 602 g/mol. The number of carbonyl (C=O) groups is 2. The van der Waals surface area contributed by atoms with Gasteiger partial charge in [-0.15, -0.1) is 0 Å². The van der Waals surface area contributed by atoms with Crippen molar-refractivity contribution >= 4 is 23.9 Å². The molecule has 1 saturated heterocycles. The summed E-state index contributed by atoms with van der Waals surface area (Å²) in [6.45, 7) is 11.9. The van der Waals surface area contributed by atoms with Crippen molar-refractivity contribution in [3.8, 4) is 0 Å². The molecule has 0 spiro atoms. The number of rotatable bonds is 12. The minimum Gasteiger partial charge on any atom is -0.462 e. The average Bonchev–Trinajstić information content (AvgIpc) is 3.80. The number of allylic oxidation sites excluding steroid dienone is 1. The molecule has 1 saturated carbocycles. The van der Waals surface area contributed by atoms with Crippen LogP contribution in [-0.2, 0) is 15.9 Å². The standard InChI is InChI=1S/C36H50N4O4/c1-6-43-34(41)30-11-9-26(10-12-30)8-7-19-39-20-17-27(18-21-39)25-40(35(42)44-36(2,3)4)33-22-32(33)29-15-13-28(14-16-29)31(23-37)24-38-5/h9-16,23-24,27,32-33H,6-8,17-22,25,37H2,1-5H3. The summed E-state index contributed by atoms with van der Waals surface area (Å²) in [5, 5.41) is 0. The third-order valence-corrected chi connectivity index (χ3v) is 8.47. The topological polar surface area (TPSA) is 97.5 Å². The second-order valence-electron chi connectivity index (χ2n) is 13.0. The maximum Gasteiger partial charge on any atom is 0.410 e. The molecule has 2 aromatic carbocycles. The van der Waals surface area contributed by atoms with E-state index in [0.717, 1.165) is 69.4 Å². The van der Waals surface area contributed by atoms with Gasteiger partial charge in [-0.2, -0.15) is 0 Å². The lowest BCUT2D eigenvalue weighted by atomic mass is 9.95. The van der Waals surface area contributed by atoms with Crippen molar-refractivity contribution in [2.75, 3.05) is 39.8 Å². The van der Waals surface area contributed by atoms with Crippen LogP contribution in [0.5, 0.6) is 0 Å². The first-order valence-corrected chi connectivity index (χ1v) is 16.0. The van der Waals surface area contributed by atoms with Gasteiger partial charge in [-0.05, 0) is 114 Å². The highest BCUT2D eigenvalue weighted by atomic mass is 16.6. The summed E-state index contributed by atoms with van der Waals surface area (Å²) in [7, 11) is 1.74. The van der Waals surface area contributed by atoms with E-state index < -0.39 is 5.60 Å². The minimum absolute atomic E-state index is 0.158. The molecule has 2 fully saturated rings. The summed E-state index contributed by atoms with van der Waals surface area (Å²) >= 11 is 0. The van der Waals surface area contributed by atoms with Gasteiger partial charge in [0.15, 0.2) is 0 Å². The van der Waals surface area contributed by atoms with Crippen LogP contribution in [0.2, 0.25) is 0 Å². The molecule has 44 heavy (non-hydrogen) atoms. The number of hydrogen-bond acceptors (Lipinski definition) is 7. The van der Waals surface area contributed by atoms with Crippen molar-refractivity contribution in [3.63, 3.8) is 0 Å². The van der Waals surface area contributed by atoms with Crippen molar-refractivity contribution in [1.82, 2.24) is 9.80 Å². The summed E-state index contributed by atoms with van der Waals surface area (Å²) in [6, 6.07) is 16.4. The van der Waals surface area contributed by atoms with Crippen molar-refractivity contribution in [2.45, 2.75) is 77.4 Å². The Morgan fingerprint density at radius 2 is 1.70 bits per heavy atom. The largest absolute Gasteiger partial charge is 0.462 e. The number of carbonyl (C=O) groups excluding carboxylic acids is 2. The Morgan fingerprint density at radius 1 is 1.05 bits per heavy atom. The molecule has 1 heterocycles. The van der Waals surface area contributed by atoms with E-state index in [1.54, 1.807) is 19.5 Å². The summed E-state index contributed by atoms with van der Waals surface area (Å²) in [5.41, 5.74) is 10.2. The molecule has 238 valence electrons. The van der Waals surface area contributed by atoms with E-state index in [2.05, 4.69) is 34.2 Å². The van der Waals surface area contributed by atoms with E-state index in [9.17, 15) is 9.59 Å². The minimum atomic E-state index is -0.532. The van der Waals surface area contributed by atoms with Gasteiger partial charge in [0.25, 0.3) is 0 Å². The van der Waals surface area contributed by atoms with Crippen molar-refractivity contribution in [3.05, 3.63) is 77.0 Å². The van der Waals surface area contributed by atoms with Crippen molar-refractivity contribution in [2.24, 2.45) is 16.6 Å².